The Morgan fingerprint density at radius 3 is 2.71 bits per heavy atom. The number of amidine groups is 1. The van der Waals surface area contributed by atoms with Crippen molar-refractivity contribution in [2.75, 3.05) is 6.79 Å². The summed E-state index contributed by atoms with van der Waals surface area (Å²) in [7, 11) is 0. The van der Waals surface area contributed by atoms with Gasteiger partial charge in [-0.15, -0.1) is 0 Å². The monoisotopic (exact) mass is 301 g/mol. The number of halogens is 1. The fourth-order valence-corrected chi connectivity index (χ4v) is 2.45. The molecule has 2 aliphatic heterocycles. The number of hydrazine groups is 1. The number of fused-ring (bicyclic) bond motifs is 1. The van der Waals surface area contributed by atoms with E-state index < -0.39 is 0 Å². The molecule has 106 valence electrons. The number of hydrogen-bond donors (Lipinski definition) is 2. The molecule has 0 fully saturated rings. The molecule has 2 N–H and O–H groups in total. The Bertz CT molecular complexity index is 715. The number of nitrogens with zero attached hydrogens (tertiary/aromatic N) is 1. The zero-order valence-corrected chi connectivity index (χ0v) is 11.7. The van der Waals surface area contributed by atoms with Gasteiger partial charge < -0.3 is 14.9 Å². The molecule has 0 bridgehead atoms. The first-order valence-electron chi connectivity index (χ1n) is 6.54. The minimum Gasteiger partial charge on any atom is -0.454 e. The van der Waals surface area contributed by atoms with Gasteiger partial charge in [-0.05, 0) is 42.0 Å². The molecule has 1 unspecified atom stereocenters. The number of hydrogen-bond acceptors (Lipinski definition) is 5. The van der Waals surface area contributed by atoms with Crippen LogP contribution in [0, 0.1) is 0 Å². The summed E-state index contributed by atoms with van der Waals surface area (Å²) in [5.74, 6) is 2.31. The Hall–Kier alpha value is -2.24. The molecule has 2 aromatic carbocycles. The first kappa shape index (κ1) is 12.5. The minimum absolute atomic E-state index is 0.162. The molecule has 2 aliphatic rings. The molecule has 0 aliphatic carbocycles. The fraction of sp³-hybridized carbons (Fsp3) is 0.133. The highest BCUT2D eigenvalue weighted by molar-refractivity contribution is 6.30. The summed E-state index contributed by atoms with van der Waals surface area (Å²) in [5.41, 5.74) is 8.23. The Kier molecular flexibility index (Phi) is 2.94. The standard InChI is InChI=1S/C15H12ClN3O2/c16-11-4-1-9(2-5-11)14-17-15(19-18-14)10-3-6-12-13(7-10)21-8-20-12/h1-7,15,19H,8H2,(H,17,18). The van der Waals surface area contributed by atoms with Gasteiger partial charge in [0.1, 0.15) is 12.0 Å². The quantitative estimate of drug-likeness (QED) is 0.895. The van der Waals surface area contributed by atoms with Crippen LogP contribution >= 0.6 is 11.6 Å². The van der Waals surface area contributed by atoms with Gasteiger partial charge in [-0.1, -0.05) is 17.7 Å². The normalized spacial score (nSPS) is 19.3. The van der Waals surface area contributed by atoms with Gasteiger partial charge in [-0.25, -0.2) is 10.4 Å². The number of ether oxygens (including phenoxy) is 2. The van der Waals surface area contributed by atoms with Gasteiger partial charge in [0.15, 0.2) is 11.5 Å². The molecule has 0 spiro atoms. The topological polar surface area (TPSA) is 54.9 Å². The van der Waals surface area contributed by atoms with Crippen molar-refractivity contribution in [3.8, 4) is 11.5 Å². The van der Waals surface area contributed by atoms with Crippen molar-refractivity contribution in [3.63, 3.8) is 0 Å². The Morgan fingerprint density at radius 2 is 1.86 bits per heavy atom. The summed E-state index contributed by atoms with van der Waals surface area (Å²) in [6.45, 7) is 0.272. The molecule has 2 heterocycles. The van der Waals surface area contributed by atoms with Gasteiger partial charge in [0, 0.05) is 10.6 Å². The maximum absolute atomic E-state index is 5.90. The summed E-state index contributed by atoms with van der Waals surface area (Å²) in [5, 5.41) is 0.706. The Labute approximate surface area is 126 Å². The number of aliphatic imine (C=N–C) groups is 1. The molecule has 0 radical (unpaired) electrons. The maximum Gasteiger partial charge on any atom is 0.231 e. The van der Waals surface area contributed by atoms with E-state index >= 15 is 0 Å². The lowest BCUT2D eigenvalue weighted by Crippen LogP contribution is -2.31. The SMILES string of the molecule is Clc1ccc(C2=NC(c3ccc4c(c3)OCO4)NN2)cc1. The third-order valence-electron chi connectivity index (χ3n) is 3.42. The zero-order chi connectivity index (χ0) is 14.2. The molecule has 0 aromatic heterocycles. The fourth-order valence-electron chi connectivity index (χ4n) is 2.33. The predicted octanol–water partition coefficient (Wildman–Crippen LogP) is 2.62. The molecule has 1 atom stereocenters. The van der Waals surface area contributed by atoms with Crippen LogP contribution in [0.3, 0.4) is 0 Å². The molecule has 0 amide bonds. The van der Waals surface area contributed by atoms with Crippen LogP contribution in [-0.4, -0.2) is 12.6 Å². The van der Waals surface area contributed by atoms with E-state index in [-0.39, 0.29) is 13.0 Å². The molecule has 4 rings (SSSR count). The van der Waals surface area contributed by atoms with E-state index in [1.54, 1.807) is 0 Å². The third kappa shape index (κ3) is 2.30. The van der Waals surface area contributed by atoms with Crippen molar-refractivity contribution >= 4 is 17.4 Å². The van der Waals surface area contributed by atoms with E-state index in [1.807, 2.05) is 42.5 Å². The van der Waals surface area contributed by atoms with Crippen molar-refractivity contribution < 1.29 is 9.47 Å². The summed E-state index contributed by atoms with van der Waals surface area (Å²) >= 11 is 5.90. The summed E-state index contributed by atoms with van der Waals surface area (Å²) in [6.07, 6.45) is -0.162. The summed E-state index contributed by atoms with van der Waals surface area (Å²) < 4.78 is 10.7. The van der Waals surface area contributed by atoms with Crippen LogP contribution in [0.15, 0.2) is 47.5 Å². The van der Waals surface area contributed by atoms with E-state index in [9.17, 15) is 0 Å². The molecule has 0 saturated carbocycles. The maximum atomic E-state index is 5.90. The average molecular weight is 302 g/mol. The van der Waals surface area contributed by atoms with Crippen LogP contribution < -0.4 is 20.3 Å². The first-order chi connectivity index (χ1) is 10.3. The molecule has 6 heteroatoms. The van der Waals surface area contributed by atoms with Crippen LogP contribution in [0.1, 0.15) is 17.3 Å². The van der Waals surface area contributed by atoms with Crippen molar-refractivity contribution in [1.82, 2.24) is 10.9 Å². The number of benzene rings is 2. The summed E-state index contributed by atoms with van der Waals surface area (Å²) in [4.78, 5) is 4.64. The smallest absolute Gasteiger partial charge is 0.231 e. The van der Waals surface area contributed by atoms with E-state index in [1.165, 1.54) is 0 Å². The average Bonchev–Trinajstić information content (AvgIpc) is 3.16. The predicted molar refractivity (Wildman–Crippen MR) is 79.6 cm³/mol. The van der Waals surface area contributed by atoms with E-state index in [0.717, 1.165) is 28.5 Å². The van der Waals surface area contributed by atoms with Crippen molar-refractivity contribution in [2.24, 2.45) is 4.99 Å². The van der Waals surface area contributed by atoms with Gasteiger partial charge in [-0.3, -0.25) is 0 Å². The Morgan fingerprint density at radius 1 is 1.05 bits per heavy atom. The van der Waals surface area contributed by atoms with Crippen molar-refractivity contribution in [2.45, 2.75) is 6.17 Å². The highest BCUT2D eigenvalue weighted by Crippen LogP contribution is 2.34. The first-order valence-corrected chi connectivity index (χ1v) is 6.92. The molecule has 5 nitrogen and oxygen atoms in total. The second-order valence-electron chi connectivity index (χ2n) is 4.77. The lowest BCUT2D eigenvalue weighted by Gasteiger charge is -2.08. The Balaban J connectivity index is 1.61. The third-order valence-corrected chi connectivity index (χ3v) is 3.67. The highest BCUT2D eigenvalue weighted by atomic mass is 35.5. The van der Waals surface area contributed by atoms with Crippen molar-refractivity contribution in [1.29, 1.82) is 0 Å². The second kappa shape index (κ2) is 4.95. The van der Waals surface area contributed by atoms with Crippen LogP contribution in [-0.2, 0) is 0 Å². The number of nitrogens with one attached hydrogen (secondary N) is 2. The van der Waals surface area contributed by atoms with Crippen LogP contribution in [0.2, 0.25) is 5.02 Å². The van der Waals surface area contributed by atoms with Gasteiger partial charge in [-0.2, -0.15) is 0 Å². The lowest BCUT2D eigenvalue weighted by molar-refractivity contribution is 0.174. The highest BCUT2D eigenvalue weighted by Gasteiger charge is 2.22. The van der Waals surface area contributed by atoms with E-state index in [2.05, 4.69) is 15.8 Å². The molecule has 21 heavy (non-hydrogen) atoms. The lowest BCUT2D eigenvalue weighted by atomic mass is 10.1. The van der Waals surface area contributed by atoms with Gasteiger partial charge in [0.05, 0.1) is 0 Å². The van der Waals surface area contributed by atoms with Gasteiger partial charge >= 0.3 is 0 Å². The van der Waals surface area contributed by atoms with E-state index in [0.29, 0.717) is 5.02 Å². The molecular weight excluding hydrogens is 290 g/mol. The van der Waals surface area contributed by atoms with Crippen LogP contribution in [0.4, 0.5) is 0 Å². The van der Waals surface area contributed by atoms with Crippen LogP contribution in [0.25, 0.3) is 0 Å². The zero-order valence-electron chi connectivity index (χ0n) is 11.0. The molecule has 0 saturated heterocycles. The molecular formula is C15H12ClN3O2. The van der Waals surface area contributed by atoms with Crippen LogP contribution in [0.5, 0.6) is 11.5 Å². The minimum atomic E-state index is -0.162. The largest absolute Gasteiger partial charge is 0.454 e. The number of rotatable bonds is 2. The summed E-state index contributed by atoms with van der Waals surface area (Å²) in [6, 6.07) is 13.4. The molecule has 2 aromatic rings. The van der Waals surface area contributed by atoms with Crippen molar-refractivity contribution in [3.05, 3.63) is 58.6 Å². The van der Waals surface area contributed by atoms with E-state index in [4.69, 9.17) is 21.1 Å². The second-order valence-corrected chi connectivity index (χ2v) is 5.21. The van der Waals surface area contributed by atoms with Gasteiger partial charge in [0.2, 0.25) is 6.79 Å². The van der Waals surface area contributed by atoms with Gasteiger partial charge in [0.25, 0.3) is 0 Å².